The molecule has 1 amide bonds. The summed E-state index contributed by atoms with van der Waals surface area (Å²) in [6.45, 7) is 4.23. The number of aryl methyl sites for hydroxylation is 2. The van der Waals surface area contributed by atoms with Crippen molar-refractivity contribution in [1.29, 1.82) is 0 Å². The maximum atomic E-state index is 12.7. The summed E-state index contributed by atoms with van der Waals surface area (Å²) < 4.78 is 1.81. The molecule has 0 saturated carbocycles. The summed E-state index contributed by atoms with van der Waals surface area (Å²) in [7, 11) is 1.90. The molecule has 3 heterocycles. The van der Waals surface area contributed by atoms with Gasteiger partial charge in [0.05, 0.1) is 17.6 Å². The van der Waals surface area contributed by atoms with Gasteiger partial charge in [0.25, 0.3) is 0 Å². The molecule has 1 N–H and O–H groups in total. The first kappa shape index (κ1) is 15.7. The third kappa shape index (κ3) is 3.28. The molecule has 2 aromatic rings. The summed E-state index contributed by atoms with van der Waals surface area (Å²) in [6.07, 6.45) is 7.54. The highest BCUT2D eigenvalue weighted by Crippen LogP contribution is 2.30. The van der Waals surface area contributed by atoms with E-state index >= 15 is 0 Å². The molecule has 122 valence electrons. The first-order valence-electron chi connectivity index (χ1n) is 8.34. The van der Waals surface area contributed by atoms with Gasteiger partial charge >= 0.3 is 0 Å². The van der Waals surface area contributed by atoms with Crippen molar-refractivity contribution < 1.29 is 4.79 Å². The molecular weight excluding hydrogens is 288 g/mol. The Balaban J connectivity index is 2.04. The van der Waals surface area contributed by atoms with Crippen LogP contribution in [0.15, 0.2) is 24.5 Å². The van der Waals surface area contributed by atoms with Crippen LogP contribution < -0.4 is 5.32 Å². The SMILES string of the molecule is CC(C)C1CCCCc2cc(ccn2)-c2c(cnn2C)NC1=O. The van der Waals surface area contributed by atoms with Crippen LogP contribution in [0.4, 0.5) is 5.69 Å². The zero-order valence-corrected chi connectivity index (χ0v) is 14.0. The van der Waals surface area contributed by atoms with E-state index in [1.807, 2.05) is 24.0 Å². The minimum absolute atomic E-state index is 0.0359. The van der Waals surface area contributed by atoms with Gasteiger partial charge in [-0.1, -0.05) is 20.3 Å². The van der Waals surface area contributed by atoms with Gasteiger partial charge in [-0.05, 0) is 37.3 Å². The number of aromatic nitrogens is 3. The van der Waals surface area contributed by atoms with E-state index in [4.69, 9.17) is 0 Å². The summed E-state index contributed by atoms with van der Waals surface area (Å²) >= 11 is 0. The molecule has 3 rings (SSSR count). The number of carbonyl (C=O) groups excluding carboxylic acids is 1. The standard InChI is InChI=1S/C18H24N4O/c1-12(2)15-7-5-4-6-14-10-13(8-9-19-14)17-16(21-18(15)23)11-20-22(17)3/h8-12,15H,4-7H2,1-3H3,(H,21,23). The molecule has 5 heteroatoms. The summed E-state index contributed by atoms with van der Waals surface area (Å²) in [5.74, 6) is 0.465. The predicted octanol–water partition coefficient (Wildman–Crippen LogP) is 3.42. The van der Waals surface area contributed by atoms with E-state index in [9.17, 15) is 4.79 Å². The van der Waals surface area contributed by atoms with E-state index in [0.717, 1.165) is 48.3 Å². The number of nitrogens with one attached hydrogen (secondary N) is 1. The third-order valence-electron chi connectivity index (χ3n) is 4.63. The van der Waals surface area contributed by atoms with Crippen LogP contribution >= 0.6 is 0 Å². The molecule has 23 heavy (non-hydrogen) atoms. The summed E-state index contributed by atoms with van der Waals surface area (Å²) in [4.78, 5) is 17.2. The monoisotopic (exact) mass is 312 g/mol. The van der Waals surface area contributed by atoms with Crippen molar-refractivity contribution in [1.82, 2.24) is 14.8 Å². The Hall–Kier alpha value is -2.17. The Labute approximate surface area is 137 Å². The molecule has 0 aliphatic carbocycles. The number of hydrogen-bond acceptors (Lipinski definition) is 3. The average molecular weight is 312 g/mol. The normalized spacial score (nSPS) is 18.8. The number of carbonyl (C=O) groups is 1. The Morgan fingerprint density at radius 2 is 2.17 bits per heavy atom. The van der Waals surface area contributed by atoms with E-state index in [1.165, 1.54) is 0 Å². The quantitative estimate of drug-likeness (QED) is 0.877. The fourth-order valence-corrected chi connectivity index (χ4v) is 3.30. The van der Waals surface area contributed by atoms with Crippen molar-refractivity contribution in [2.75, 3.05) is 5.32 Å². The van der Waals surface area contributed by atoms with Gasteiger partial charge in [-0.15, -0.1) is 0 Å². The van der Waals surface area contributed by atoms with Crippen LogP contribution in [0.3, 0.4) is 0 Å². The molecule has 0 aromatic carbocycles. The van der Waals surface area contributed by atoms with Crippen LogP contribution in [0.25, 0.3) is 11.3 Å². The van der Waals surface area contributed by atoms with Crippen molar-refractivity contribution in [3.8, 4) is 11.3 Å². The van der Waals surface area contributed by atoms with Crippen molar-refractivity contribution in [3.63, 3.8) is 0 Å². The van der Waals surface area contributed by atoms with E-state index in [2.05, 4.69) is 35.3 Å². The molecule has 2 aromatic heterocycles. The van der Waals surface area contributed by atoms with Crippen LogP contribution in [0, 0.1) is 11.8 Å². The lowest BCUT2D eigenvalue weighted by atomic mass is 9.89. The van der Waals surface area contributed by atoms with Crippen LogP contribution in [-0.2, 0) is 18.3 Å². The highest BCUT2D eigenvalue weighted by molar-refractivity contribution is 5.96. The van der Waals surface area contributed by atoms with Gasteiger partial charge in [-0.25, -0.2) is 0 Å². The summed E-state index contributed by atoms with van der Waals surface area (Å²) in [6, 6.07) is 4.08. The Morgan fingerprint density at radius 3 is 2.96 bits per heavy atom. The largest absolute Gasteiger partial charge is 0.323 e. The van der Waals surface area contributed by atoms with Crippen molar-refractivity contribution in [2.24, 2.45) is 18.9 Å². The van der Waals surface area contributed by atoms with E-state index in [1.54, 1.807) is 6.20 Å². The maximum absolute atomic E-state index is 12.7. The Morgan fingerprint density at radius 1 is 1.35 bits per heavy atom. The topological polar surface area (TPSA) is 59.8 Å². The summed E-state index contributed by atoms with van der Waals surface area (Å²) in [5, 5.41) is 7.43. The van der Waals surface area contributed by atoms with Crippen molar-refractivity contribution in [2.45, 2.75) is 39.5 Å². The molecule has 0 spiro atoms. The van der Waals surface area contributed by atoms with Crippen LogP contribution in [0.5, 0.6) is 0 Å². The van der Waals surface area contributed by atoms with E-state index in [-0.39, 0.29) is 11.8 Å². The number of nitrogens with zero attached hydrogens (tertiary/aromatic N) is 3. The average Bonchev–Trinajstić information content (AvgIpc) is 2.86. The molecule has 1 aliphatic heterocycles. The van der Waals surface area contributed by atoms with Crippen LogP contribution in [0.2, 0.25) is 0 Å². The number of rotatable bonds is 1. The Bertz CT molecular complexity index is 705. The van der Waals surface area contributed by atoms with Gasteiger partial charge in [0, 0.05) is 30.4 Å². The molecule has 2 bridgehead atoms. The van der Waals surface area contributed by atoms with Crippen LogP contribution in [0.1, 0.15) is 38.8 Å². The number of amides is 1. The van der Waals surface area contributed by atoms with E-state index < -0.39 is 0 Å². The molecule has 0 fully saturated rings. The zero-order chi connectivity index (χ0) is 16.4. The Kier molecular flexibility index (Phi) is 4.46. The lowest BCUT2D eigenvalue weighted by molar-refractivity contribution is -0.121. The second-order valence-electron chi connectivity index (χ2n) is 6.65. The predicted molar refractivity (Wildman–Crippen MR) is 91.0 cm³/mol. The number of fused-ring (bicyclic) bond motifs is 4. The van der Waals surface area contributed by atoms with Gasteiger partial charge < -0.3 is 5.32 Å². The first-order valence-corrected chi connectivity index (χ1v) is 8.34. The number of pyridine rings is 1. The smallest absolute Gasteiger partial charge is 0.227 e. The minimum atomic E-state index is 0.0359. The van der Waals surface area contributed by atoms with Gasteiger partial charge in [-0.3, -0.25) is 14.5 Å². The van der Waals surface area contributed by atoms with E-state index in [0.29, 0.717) is 5.92 Å². The molecule has 5 nitrogen and oxygen atoms in total. The van der Waals surface area contributed by atoms with Gasteiger partial charge in [0.2, 0.25) is 5.91 Å². The van der Waals surface area contributed by atoms with Crippen molar-refractivity contribution >= 4 is 11.6 Å². The molecule has 0 saturated heterocycles. The number of hydrogen-bond donors (Lipinski definition) is 1. The van der Waals surface area contributed by atoms with Crippen LogP contribution in [-0.4, -0.2) is 20.7 Å². The molecule has 1 aliphatic rings. The highest BCUT2D eigenvalue weighted by atomic mass is 16.1. The maximum Gasteiger partial charge on any atom is 0.227 e. The second kappa shape index (κ2) is 6.52. The lowest BCUT2D eigenvalue weighted by Crippen LogP contribution is -2.27. The lowest BCUT2D eigenvalue weighted by Gasteiger charge is -2.21. The molecule has 0 radical (unpaired) electrons. The fraction of sp³-hybridized carbons (Fsp3) is 0.500. The fourth-order valence-electron chi connectivity index (χ4n) is 3.30. The summed E-state index contributed by atoms with van der Waals surface area (Å²) in [5.41, 5.74) is 3.86. The highest BCUT2D eigenvalue weighted by Gasteiger charge is 2.24. The third-order valence-corrected chi connectivity index (χ3v) is 4.63. The first-order chi connectivity index (χ1) is 11.1. The minimum Gasteiger partial charge on any atom is -0.323 e. The van der Waals surface area contributed by atoms with Gasteiger partial charge in [0.1, 0.15) is 0 Å². The molecule has 1 unspecified atom stereocenters. The molecular formula is C18H24N4O. The second-order valence-corrected chi connectivity index (χ2v) is 6.65. The zero-order valence-electron chi connectivity index (χ0n) is 14.0. The van der Waals surface area contributed by atoms with Crippen molar-refractivity contribution in [3.05, 3.63) is 30.2 Å². The van der Waals surface area contributed by atoms with Gasteiger partial charge in [-0.2, -0.15) is 5.10 Å². The van der Waals surface area contributed by atoms with Gasteiger partial charge in [0.15, 0.2) is 0 Å². The number of anilines is 1. The molecule has 1 atom stereocenters.